The van der Waals surface area contributed by atoms with Gasteiger partial charge in [0.1, 0.15) is 0 Å². The van der Waals surface area contributed by atoms with Crippen molar-refractivity contribution in [3.05, 3.63) is 12.8 Å². The number of halogens is 4. The summed E-state index contributed by atoms with van der Waals surface area (Å²) < 4.78 is 0. The van der Waals surface area contributed by atoms with Gasteiger partial charge in [-0.15, -0.1) is 46.4 Å². The Labute approximate surface area is 106 Å². The van der Waals surface area contributed by atoms with Crippen LogP contribution in [-0.4, -0.2) is 22.0 Å². The summed E-state index contributed by atoms with van der Waals surface area (Å²) >= 11 is 24.0. The molecular weight excluding hydrogens is 262 g/mol. The molecule has 0 aliphatic heterocycles. The highest BCUT2D eigenvalue weighted by atomic mass is 35.5. The van der Waals surface area contributed by atoms with Gasteiger partial charge >= 0.3 is 0 Å². The summed E-state index contributed by atoms with van der Waals surface area (Å²) in [5, 5.41) is -0.630. The Morgan fingerprint density at radius 3 is 2.43 bits per heavy atom. The molecular formula is C10H14Cl4. The maximum absolute atomic E-state index is 6.26. The summed E-state index contributed by atoms with van der Waals surface area (Å²) in [4.78, 5) is 0. The highest BCUT2D eigenvalue weighted by Crippen LogP contribution is 2.33. The van der Waals surface area contributed by atoms with E-state index in [0.717, 1.165) is 19.3 Å². The van der Waals surface area contributed by atoms with Crippen LogP contribution >= 0.6 is 46.4 Å². The van der Waals surface area contributed by atoms with Crippen LogP contribution in [0, 0.1) is 18.8 Å². The van der Waals surface area contributed by atoms with Crippen LogP contribution < -0.4 is 0 Å². The molecule has 0 heterocycles. The highest BCUT2D eigenvalue weighted by Gasteiger charge is 2.31. The molecule has 2 radical (unpaired) electrons. The van der Waals surface area contributed by atoms with Crippen LogP contribution in [0.15, 0.2) is 0 Å². The smallest absolute Gasteiger partial charge is 0.0677 e. The van der Waals surface area contributed by atoms with Crippen LogP contribution in [0.25, 0.3) is 0 Å². The zero-order valence-corrected chi connectivity index (χ0v) is 10.8. The van der Waals surface area contributed by atoms with Gasteiger partial charge in [-0.25, -0.2) is 0 Å². The molecule has 0 saturated heterocycles. The standard InChI is InChI=1S/C10H14Cl4/c11-6-8(12)10(14)9(13)7-4-2-1-3-5-7/h2,5,7-10H,1,3-4,6H2. The van der Waals surface area contributed by atoms with Gasteiger partial charge in [-0.3, -0.25) is 0 Å². The first-order chi connectivity index (χ1) is 6.66. The Morgan fingerprint density at radius 1 is 1.21 bits per heavy atom. The first kappa shape index (κ1) is 13.2. The fourth-order valence-corrected chi connectivity index (χ4v) is 2.79. The fraction of sp³-hybridized carbons (Fsp3) is 0.800. The molecule has 4 atom stereocenters. The normalized spacial score (nSPS) is 25.7. The maximum Gasteiger partial charge on any atom is 0.0677 e. The van der Waals surface area contributed by atoms with Gasteiger partial charge in [0.25, 0.3) is 0 Å². The van der Waals surface area contributed by atoms with E-state index in [1.165, 1.54) is 0 Å². The Bertz CT molecular complexity index is 154. The summed E-state index contributed by atoms with van der Waals surface area (Å²) in [6.07, 6.45) is 7.74. The second kappa shape index (κ2) is 6.68. The molecule has 4 heteroatoms. The quantitative estimate of drug-likeness (QED) is 0.673. The molecule has 1 fully saturated rings. The zero-order chi connectivity index (χ0) is 10.6. The van der Waals surface area contributed by atoms with Crippen LogP contribution in [-0.2, 0) is 0 Å². The average Bonchev–Trinajstić information content (AvgIpc) is 2.27. The Balaban J connectivity index is 2.41. The van der Waals surface area contributed by atoms with Crippen molar-refractivity contribution in [1.29, 1.82) is 0 Å². The molecule has 0 nitrogen and oxygen atoms in total. The monoisotopic (exact) mass is 274 g/mol. The van der Waals surface area contributed by atoms with Gasteiger partial charge in [0.05, 0.1) is 16.1 Å². The number of hydrogen-bond acceptors (Lipinski definition) is 0. The molecule has 0 aromatic rings. The predicted molar refractivity (Wildman–Crippen MR) is 65.6 cm³/mol. The van der Waals surface area contributed by atoms with Gasteiger partial charge in [-0.05, 0) is 38.0 Å². The van der Waals surface area contributed by atoms with Crippen LogP contribution in [0.5, 0.6) is 0 Å². The van der Waals surface area contributed by atoms with Crippen molar-refractivity contribution in [2.45, 2.75) is 35.4 Å². The van der Waals surface area contributed by atoms with Crippen molar-refractivity contribution >= 4 is 46.4 Å². The van der Waals surface area contributed by atoms with E-state index in [2.05, 4.69) is 12.8 Å². The van der Waals surface area contributed by atoms with Gasteiger partial charge in [0, 0.05) is 5.88 Å². The predicted octanol–water partition coefficient (Wildman–Crippen LogP) is 4.26. The van der Waals surface area contributed by atoms with Gasteiger partial charge in [-0.2, -0.15) is 0 Å². The van der Waals surface area contributed by atoms with E-state index < -0.39 is 0 Å². The second-order valence-corrected chi connectivity index (χ2v) is 5.44. The molecule has 0 N–H and O–H groups in total. The topological polar surface area (TPSA) is 0 Å². The first-order valence-electron chi connectivity index (χ1n) is 4.80. The Hall–Kier alpha value is 1.16. The van der Waals surface area contributed by atoms with Crippen molar-refractivity contribution in [3.63, 3.8) is 0 Å². The van der Waals surface area contributed by atoms with Crippen LogP contribution in [0.4, 0.5) is 0 Å². The van der Waals surface area contributed by atoms with Crippen molar-refractivity contribution in [2.24, 2.45) is 5.92 Å². The van der Waals surface area contributed by atoms with E-state index >= 15 is 0 Å². The van der Waals surface area contributed by atoms with Gasteiger partial charge in [-0.1, -0.05) is 0 Å². The molecule has 1 rings (SSSR count). The molecule has 1 aliphatic rings. The van der Waals surface area contributed by atoms with Crippen LogP contribution in [0.1, 0.15) is 19.3 Å². The van der Waals surface area contributed by atoms with Crippen molar-refractivity contribution in [2.75, 3.05) is 5.88 Å². The fourth-order valence-electron chi connectivity index (χ4n) is 1.62. The van der Waals surface area contributed by atoms with E-state index in [1.807, 2.05) is 0 Å². The molecule has 4 unspecified atom stereocenters. The molecule has 1 saturated carbocycles. The zero-order valence-electron chi connectivity index (χ0n) is 7.80. The SMILES string of the molecule is ClCC(Cl)C(Cl)C(Cl)C1[CH]CC[CH]C1. The molecule has 0 spiro atoms. The van der Waals surface area contributed by atoms with Crippen LogP contribution in [0.2, 0.25) is 0 Å². The second-order valence-electron chi connectivity index (χ2n) is 3.56. The van der Waals surface area contributed by atoms with E-state index in [-0.39, 0.29) is 16.1 Å². The summed E-state index contributed by atoms with van der Waals surface area (Å²) in [5.41, 5.74) is 0. The average molecular weight is 276 g/mol. The summed E-state index contributed by atoms with van der Waals surface area (Å²) in [7, 11) is 0. The lowest BCUT2D eigenvalue weighted by Crippen LogP contribution is -2.34. The lowest BCUT2D eigenvalue weighted by atomic mass is 9.85. The molecule has 0 amide bonds. The minimum absolute atomic E-state index is 0.116. The number of hydrogen-bond donors (Lipinski definition) is 0. The summed E-state index contributed by atoms with van der Waals surface area (Å²) in [6, 6.07) is 0. The molecule has 0 aromatic carbocycles. The molecule has 1 aliphatic carbocycles. The maximum atomic E-state index is 6.26. The van der Waals surface area contributed by atoms with E-state index in [9.17, 15) is 0 Å². The lowest BCUT2D eigenvalue weighted by molar-refractivity contribution is 0.477. The highest BCUT2D eigenvalue weighted by molar-refractivity contribution is 6.37. The lowest BCUT2D eigenvalue weighted by Gasteiger charge is -2.29. The Morgan fingerprint density at radius 2 is 1.93 bits per heavy atom. The van der Waals surface area contributed by atoms with E-state index in [1.54, 1.807) is 0 Å². The molecule has 0 aromatic heterocycles. The third-order valence-electron chi connectivity index (χ3n) is 2.49. The summed E-state index contributed by atoms with van der Waals surface area (Å²) in [6.45, 7) is 0. The minimum Gasteiger partial charge on any atom is -0.125 e. The molecule has 82 valence electrons. The van der Waals surface area contributed by atoms with Gasteiger partial charge < -0.3 is 0 Å². The third-order valence-corrected chi connectivity index (χ3v) is 4.83. The summed E-state index contributed by atoms with van der Waals surface area (Å²) in [5.74, 6) is 0.687. The minimum atomic E-state index is -0.261. The van der Waals surface area contributed by atoms with Crippen molar-refractivity contribution in [3.8, 4) is 0 Å². The molecule has 0 bridgehead atoms. The van der Waals surface area contributed by atoms with Crippen molar-refractivity contribution < 1.29 is 0 Å². The Kier molecular flexibility index (Phi) is 6.31. The largest absolute Gasteiger partial charge is 0.125 e. The number of alkyl halides is 4. The molecule has 14 heavy (non-hydrogen) atoms. The number of rotatable bonds is 4. The van der Waals surface area contributed by atoms with Crippen molar-refractivity contribution in [1.82, 2.24) is 0 Å². The first-order valence-corrected chi connectivity index (χ1v) is 6.64. The van der Waals surface area contributed by atoms with E-state index in [4.69, 9.17) is 46.4 Å². The van der Waals surface area contributed by atoms with Gasteiger partial charge in [0.2, 0.25) is 0 Å². The van der Waals surface area contributed by atoms with Crippen LogP contribution in [0.3, 0.4) is 0 Å². The van der Waals surface area contributed by atoms with Gasteiger partial charge in [0.15, 0.2) is 0 Å². The van der Waals surface area contributed by atoms with E-state index in [0.29, 0.717) is 11.8 Å². The third kappa shape index (κ3) is 3.63.